The van der Waals surface area contributed by atoms with E-state index in [1.54, 1.807) is 14.7 Å². The highest BCUT2D eigenvalue weighted by atomic mass is 16.4. The lowest BCUT2D eigenvalue weighted by molar-refractivity contribution is -0.140. The van der Waals surface area contributed by atoms with E-state index in [-0.39, 0.29) is 26.1 Å². The average Bonchev–Trinajstić information content (AvgIpc) is 2.73. The number of carbonyl (C=O) groups is 4. The maximum absolute atomic E-state index is 11.3. The summed E-state index contributed by atoms with van der Waals surface area (Å²) in [7, 11) is 0. The molecule has 198 valence electrons. The Labute approximate surface area is 200 Å². The van der Waals surface area contributed by atoms with Crippen molar-refractivity contribution in [2.24, 2.45) is 5.73 Å². The molecule has 13 nitrogen and oxygen atoms in total. The van der Waals surface area contributed by atoms with E-state index >= 15 is 0 Å². The molecule has 0 aromatic carbocycles. The first kappa shape index (κ1) is 31.7. The third-order valence-corrected chi connectivity index (χ3v) is 5.28. The number of nitrogens with zero attached hydrogens (tertiary/aromatic N) is 4. The zero-order valence-corrected chi connectivity index (χ0v) is 20.1. The number of aliphatic carboxylic acids is 4. The molecule has 0 saturated heterocycles. The maximum atomic E-state index is 11.3. The van der Waals surface area contributed by atoms with Crippen molar-refractivity contribution >= 4 is 23.9 Å². The number of carboxylic acids is 4. The van der Waals surface area contributed by atoms with Crippen LogP contribution < -0.4 is 5.73 Å². The van der Waals surface area contributed by atoms with Gasteiger partial charge in [-0.3, -0.25) is 33.9 Å². The van der Waals surface area contributed by atoms with Crippen LogP contribution in [0.15, 0.2) is 0 Å². The summed E-state index contributed by atoms with van der Waals surface area (Å²) in [4.78, 5) is 51.4. The molecular formula is C21H41N5O8. The molecule has 0 rings (SSSR count). The summed E-state index contributed by atoms with van der Waals surface area (Å²) in [6, 6.07) is 0. The Morgan fingerprint density at radius 1 is 0.559 bits per heavy atom. The molecule has 0 aliphatic rings. The quantitative estimate of drug-likeness (QED) is 0.106. The molecule has 0 atom stereocenters. The van der Waals surface area contributed by atoms with Gasteiger partial charge in [0.1, 0.15) is 0 Å². The van der Waals surface area contributed by atoms with E-state index in [4.69, 9.17) is 21.1 Å². The number of nitrogens with two attached hydrogens (primary N) is 1. The van der Waals surface area contributed by atoms with Crippen LogP contribution in [-0.4, -0.2) is 149 Å². The first-order chi connectivity index (χ1) is 16.1. The van der Waals surface area contributed by atoms with Gasteiger partial charge in [0.15, 0.2) is 0 Å². The van der Waals surface area contributed by atoms with Gasteiger partial charge in [-0.1, -0.05) is 6.92 Å². The third-order valence-electron chi connectivity index (χ3n) is 5.28. The summed E-state index contributed by atoms with van der Waals surface area (Å²) in [6.45, 7) is 6.26. The first-order valence-electron chi connectivity index (χ1n) is 11.5. The maximum Gasteiger partial charge on any atom is 0.317 e. The normalized spacial score (nSPS) is 11.6. The first-order valence-corrected chi connectivity index (χ1v) is 11.5. The fraction of sp³-hybridized carbons (Fsp3) is 0.810. The molecule has 13 heteroatoms. The molecule has 6 N–H and O–H groups in total. The summed E-state index contributed by atoms with van der Waals surface area (Å²) in [5, 5.41) is 36.1. The Morgan fingerprint density at radius 3 is 1.29 bits per heavy atom. The molecule has 0 aromatic heterocycles. The second kappa shape index (κ2) is 19.0. The number of hydrogen-bond donors (Lipinski definition) is 5. The van der Waals surface area contributed by atoms with Crippen molar-refractivity contribution in [3.05, 3.63) is 0 Å². The van der Waals surface area contributed by atoms with Gasteiger partial charge < -0.3 is 31.1 Å². The van der Waals surface area contributed by atoms with Gasteiger partial charge >= 0.3 is 23.9 Å². The van der Waals surface area contributed by atoms with Crippen molar-refractivity contribution in [1.29, 1.82) is 0 Å². The van der Waals surface area contributed by atoms with Gasteiger partial charge in [0, 0.05) is 58.8 Å². The van der Waals surface area contributed by atoms with Crippen LogP contribution in [0.3, 0.4) is 0 Å². The van der Waals surface area contributed by atoms with Crippen LogP contribution >= 0.6 is 0 Å². The van der Waals surface area contributed by atoms with Gasteiger partial charge in [-0.25, -0.2) is 0 Å². The highest BCUT2D eigenvalue weighted by Crippen LogP contribution is 2.01. The fourth-order valence-corrected chi connectivity index (χ4v) is 3.45. The SMILES string of the molecule is CCN(CCN(CCCCC(=O)O)CC(=O)O)CCN(CCN(CCN)CC(=O)O)CC(=O)O. The van der Waals surface area contributed by atoms with Crippen molar-refractivity contribution < 1.29 is 39.6 Å². The highest BCUT2D eigenvalue weighted by Gasteiger charge is 2.16. The van der Waals surface area contributed by atoms with Crippen molar-refractivity contribution in [1.82, 2.24) is 19.6 Å². The van der Waals surface area contributed by atoms with E-state index in [1.807, 2.05) is 6.92 Å². The molecule has 34 heavy (non-hydrogen) atoms. The largest absolute Gasteiger partial charge is 0.481 e. The van der Waals surface area contributed by atoms with Crippen LogP contribution in [0.5, 0.6) is 0 Å². The van der Waals surface area contributed by atoms with E-state index in [9.17, 15) is 24.3 Å². The molecule has 0 aromatic rings. The van der Waals surface area contributed by atoms with Crippen molar-refractivity contribution in [2.45, 2.75) is 26.2 Å². The summed E-state index contributed by atoms with van der Waals surface area (Å²) >= 11 is 0. The Balaban J connectivity index is 4.75. The molecule has 0 aliphatic heterocycles. The van der Waals surface area contributed by atoms with E-state index in [0.29, 0.717) is 78.3 Å². The number of unbranched alkanes of at least 4 members (excludes halogenated alkanes) is 1. The van der Waals surface area contributed by atoms with Crippen molar-refractivity contribution in [3.63, 3.8) is 0 Å². The summed E-state index contributed by atoms with van der Waals surface area (Å²) in [6.07, 6.45) is 1.13. The second-order valence-electron chi connectivity index (χ2n) is 8.08. The minimum Gasteiger partial charge on any atom is -0.481 e. The minimum absolute atomic E-state index is 0.0522. The predicted molar refractivity (Wildman–Crippen MR) is 125 cm³/mol. The number of carboxylic acid groups (broad SMARTS) is 4. The molecule has 0 radical (unpaired) electrons. The van der Waals surface area contributed by atoms with E-state index in [1.165, 1.54) is 0 Å². The Kier molecular flexibility index (Phi) is 17.7. The van der Waals surface area contributed by atoms with Gasteiger partial charge in [-0.05, 0) is 25.9 Å². The molecule has 0 fully saturated rings. The monoisotopic (exact) mass is 491 g/mol. The summed E-state index contributed by atoms with van der Waals surface area (Å²) in [5.74, 6) is -3.76. The lowest BCUT2D eigenvalue weighted by atomic mass is 10.2. The molecular weight excluding hydrogens is 450 g/mol. The summed E-state index contributed by atoms with van der Waals surface area (Å²) < 4.78 is 0. The Bertz CT molecular complexity index is 622. The Hall–Kier alpha value is -2.32. The lowest BCUT2D eigenvalue weighted by Crippen LogP contribution is -2.45. The molecule has 0 spiro atoms. The van der Waals surface area contributed by atoms with Crippen LogP contribution in [0.25, 0.3) is 0 Å². The van der Waals surface area contributed by atoms with Crippen LogP contribution in [0, 0.1) is 0 Å². The Morgan fingerprint density at radius 2 is 0.941 bits per heavy atom. The van der Waals surface area contributed by atoms with Gasteiger partial charge in [-0.15, -0.1) is 0 Å². The van der Waals surface area contributed by atoms with Gasteiger partial charge in [0.25, 0.3) is 0 Å². The van der Waals surface area contributed by atoms with Gasteiger partial charge in [0.2, 0.25) is 0 Å². The average molecular weight is 492 g/mol. The third kappa shape index (κ3) is 18.1. The van der Waals surface area contributed by atoms with Crippen LogP contribution in [-0.2, 0) is 19.2 Å². The topological polar surface area (TPSA) is 188 Å². The van der Waals surface area contributed by atoms with Gasteiger partial charge in [-0.2, -0.15) is 0 Å². The van der Waals surface area contributed by atoms with Crippen LogP contribution in [0.4, 0.5) is 0 Å². The van der Waals surface area contributed by atoms with E-state index in [2.05, 4.69) is 4.90 Å². The number of rotatable bonds is 23. The molecule has 0 heterocycles. The second-order valence-corrected chi connectivity index (χ2v) is 8.08. The molecule has 0 amide bonds. The predicted octanol–water partition coefficient (Wildman–Crippen LogP) is -1.32. The molecule has 0 saturated carbocycles. The van der Waals surface area contributed by atoms with Crippen molar-refractivity contribution in [2.75, 3.05) is 85.1 Å². The van der Waals surface area contributed by atoms with Crippen LogP contribution in [0.2, 0.25) is 0 Å². The fourth-order valence-electron chi connectivity index (χ4n) is 3.45. The smallest absolute Gasteiger partial charge is 0.317 e. The molecule has 0 unspecified atom stereocenters. The van der Waals surface area contributed by atoms with Crippen molar-refractivity contribution in [3.8, 4) is 0 Å². The highest BCUT2D eigenvalue weighted by molar-refractivity contribution is 5.69. The van der Waals surface area contributed by atoms with E-state index in [0.717, 1.165) is 0 Å². The lowest BCUT2D eigenvalue weighted by Gasteiger charge is -2.29. The standard InChI is InChI=1S/C21H41N5O8/c1-2-23(9-11-24(15-19(29)30)7-4-3-5-18(27)28)10-12-26(17-21(33)34)14-13-25(8-6-22)16-20(31)32/h2-17,22H2,1H3,(H,27,28)(H,29,30)(H,31,32)(H,33,34). The van der Waals surface area contributed by atoms with Crippen LogP contribution in [0.1, 0.15) is 26.2 Å². The zero-order chi connectivity index (χ0) is 25.9. The summed E-state index contributed by atoms with van der Waals surface area (Å²) in [5.41, 5.74) is 5.53. The number of hydrogen-bond acceptors (Lipinski definition) is 9. The van der Waals surface area contributed by atoms with E-state index < -0.39 is 23.9 Å². The number of likely N-dealkylation sites (N-methyl/N-ethyl adjacent to an activating group) is 1. The molecule has 0 aliphatic carbocycles. The molecule has 0 bridgehead atoms. The minimum atomic E-state index is -0.972. The zero-order valence-electron chi connectivity index (χ0n) is 20.1. The van der Waals surface area contributed by atoms with Gasteiger partial charge in [0.05, 0.1) is 19.6 Å².